The van der Waals surface area contributed by atoms with E-state index in [2.05, 4.69) is 16.3 Å². The first kappa shape index (κ1) is 22.4. The Morgan fingerprint density at radius 2 is 1.65 bits per heavy atom. The number of phenolic OH excluding ortho intramolecular Hbond substituents is 1. The molecule has 6 nitrogen and oxygen atoms in total. The second-order valence-corrected chi connectivity index (χ2v) is 9.28. The molecule has 0 bridgehead atoms. The van der Waals surface area contributed by atoms with E-state index in [1.807, 2.05) is 60.7 Å². The number of benzene rings is 3. The number of piperidine rings is 1. The van der Waals surface area contributed by atoms with Crippen LogP contribution in [0.4, 0.5) is 0 Å². The molecule has 0 saturated carbocycles. The van der Waals surface area contributed by atoms with E-state index in [0.717, 1.165) is 49.2 Å². The number of para-hydroxylation sites is 1. The highest BCUT2D eigenvalue weighted by Gasteiger charge is 2.52. The Morgan fingerprint density at radius 1 is 0.971 bits per heavy atom. The van der Waals surface area contributed by atoms with Crippen molar-refractivity contribution < 1.29 is 19.7 Å². The Morgan fingerprint density at radius 3 is 2.38 bits per heavy atom. The topological polar surface area (TPSA) is 82.0 Å². The van der Waals surface area contributed by atoms with Crippen molar-refractivity contribution in [2.24, 2.45) is 0 Å². The summed E-state index contributed by atoms with van der Waals surface area (Å²) in [6, 6.07) is 24.2. The maximum atomic E-state index is 12.7. The van der Waals surface area contributed by atoms with E-state index < -0.39 is 12.1 Å². The van der Waals surface area contributed by atoms with E-state index in [1.54, 1.807) is 12.1 Å². The van der Waals surface area contributed by atoms with Crippen LogP contribution in [0.3, 0.4) is 0 Å². The minimum absolute atomic E-state index is 0.0944. The molecule has 1 amide bonds. The van der Waals surface area contributed by atoms with Gasteiger partial charge in [-0.1, -0.05) is 54.6 Å². The van der Waals surface area contributed by atoms with Crippen LogP contribution in [0.2, 0.25) is 0 Å². The first-order valence-corrected chi connectivity index (χ1v) is 11.8. The number of fused-ring (bicyclic) bond motifs is 2. The first-order valence-electron chi connectivity index (χ1n) is 11.8. The zero-order chi connectivity index (χ0) is 23.5. The lowest BCUT2D eigenvalue weighted by molar-refractivity contribution is -0.125. The Hall–Kier alpha value is -3.35. The Balaban J connectivity index is 1.27. The van der Waals surface area contributed by atoms with Gasteiger partial charge in [-0.05, 0) is 66.9 Å². The van der Waals surface area contributed by atoms with Crippen LogP contribution in [-0.4, -0.2) is 46.8 Å². The third kappa shape index (κ3) is 4.39. The van der Waals surface area contributed by atoms with Crippen molar-refractivity contribution >= 4 is 5.91 Å². The van der Waals surface area contributed by atoms with Crippen LogP contribution < -0.4 is 10.1 Å². The summed E-state index contributed by atoms with van der Waals surface area (Å²) in [4.78, 5) is 15.1. The van der Waals surface area contributed by atoms with Gasteiger partial charge in [0.2, 0.25) is 0 Å². The molecule has 1 fully saturated rings. The number of phenols is 1. The summed E-state index contributed by atoms with van der Waals surface area (Å²) >= 11 is 0. The van der Waals surface area contributed by atoms with Gasteiger partial charge in [-0.3, -0.25) is 9.69 Å². The fourth-order valence-corrected chi connectivity index (χ4v) is 5.44. The molecule has 3 aromatic carbocycles. The number of carbonyl (C=O) groups excluding carboxylic acids is 1. The molecule has 1 aliphatic carbocycles. The predicted octanol–water partition coefficient (Wildman–Crippen LogP) is 3.54. The van der Waals surface area contributed by atoms with Crippen LogP contribution in [-0.2, 0) is 16.8 Å². The molecule has 6 heteroatoms. The third-order valence-corrected chi connectivity index (χ3v) is 7.23. The van der Waals surface area contributed by atoms with Gasteiger partial charge in [0.15, 0.2) is 6.61 Å². The van der Waals surface area contributed by atoms with E-state index >= 15 is 0 Å². The number of rotatable bonds is 6. The summed E-state index contributed by atoms with van der Waals surface area (Å²) in [7, 11) is 0. The molecular weight excluding hydrogens is 428 g/mol. The van der Waals surface area contributed by atoms with Crippen molar-refractivity contribution in [2.75, 3.05) is 19.7 Å². The fourth-order valence-electron chi connectivity index (χ4n) is 5.44. The molecule has 176 valence electrons. The van der Waals surface area contributed by atoms with Gasteiger partial charge in [0, 0.05) is 12.0 Å². The highest BCUT2D eigenvalue weighted by atomic mass is 16.5. The second kappa shape index (κ2) is 9.49. The van der Waals surface area contributed by atoms with Gasteiger partial charge in [-0.15, -0.1) is 0 Å². The van der Waals surface area contributed by atoms with Crippen molar-refractivity contribution in [3.05, 3.63) is 95.6 Å². The van der Waals surface area contributed by atoms with Crippen molar-refractivity contribution in [3.63, 3.8) is 0 Å². The van der Waals surface area contributed by atoms with E-state index in [0.29, 0.717) is 5.75 Å². The van der Waals surface area contributed by atoms with Gasteiger partial charge in [-0.25, -0.2) is 0 Å². The number of nitrogens with one attached hydrogen (secondary N) is 1. The summed E-state index contributed by atoms with van der Waals surface area (Å²) < 4.78 is 5.60. The molecule has 0 aromatic heterocycles. The average Bonchev–Trinajstić information content (AvgIpc) is 3.09. The van der Waals surface area contributed by atoms with E-state index in [1.165, 1.54) is 0 Å². The van der Waals surface area contributed by atoms with E-state index in [4.69, 9.17) is 4.74 Å². The zero-order valence-electron chi connectivity index (χ0n) is 19.1. The second-order valence-electron chi connectivity index (χ2n) is 9.28. The SMILES string of the molecule is O=C(COc1ccccc1)N[C@@H]1c2ccccc2C2(CCN(Cc3ccc(O)cc3)CC2)[C@H]1O. The number of nitrogens with zero attached hydrogens (tertiary/aromatic N) is 1. The number of likely N-dealkylation sites (tertiary alicyclic amines) is 1. The van der Waals surface area contributed by atoms with Crippen molar-refractivity contribution in [2.45, 2.75) is 36.9 Å². The van der Waals surface area contributed by atoms with Crippen LogP contribution in [0.25, 0.3) is 0 Å². The Labute approximate surface area is 199 Å². The van der Waals surface area contributed by atoms with Gasteiger partial charge < -0.3 is 20.3 Å². The largest absolute Gasteiger partial charge is 0.508 e. The van der Waals surface area contributed by atoms with Crippen LogP contribution >= 0.6 is 0 Å². The predicted molar refractivity (Wildman–Crippen MR) is 130 cm³/mol. The highest BCUT2D eigenvalue weighted by Crippen LogP contribution is 2.51. The number of aliphatic hydroxyl groups is 1. The van der Waals surface area contributed by atoms with Gasteiger partial charge in [-0.2, -0.15) is 0 Å². The van der Waals surface area contributed by atoms with Gasteiger partial charge in [0.05, 0.1) is 12.1 Å². The number of aromatic hydroxyl groups is 1. The summed E-state index contributed by atoms with van der Waals surface area (Å²) in [6.07, 6.45) is 0.938. The maximum absolute atomic E-state index is 12.7. The molecule has 1 spiro atoms. The molecule has 1 heterocycles. The minimum Gasteiger partial charge on any atom is -0.508 e. The number of amides is 1. The monoisotopic (exact) mass is 458 g/mol. The number of carbonyl (C=O) groups is 1. The quantitative estimate of drug-likeness (QED) is 0.527. The molecule has 2 aliphatic rings. The molecule has 0 unspecified atom stereocenters. The molecule has 1 aliphatic heterocycles. The van der Waals surface area contributed by atoms with Crippen LogP contribution in [0.5, 0.6) is 11.5 Å². The van der Waals surface area contributed by atoms with Gasteiger partial charge in [0.25, 0.3) is 5.91 Å². The van der Waals surface area contributed by atoms with Crippen LogP contribution in [0.15, 0.2) is 78.9 Å². The molecule has 3 aromatic rings. The number of aliphatic hydroxyl groups excluding tert-OH is 1. The summed E-state index contributed by atoms with van der Waals surface area (Å²) in [5.74, 6) is 0.668. The maximum Gasteiger partial charge on any atom is 0.258 e. The lowest BCUT2D eigenvalue weighted by Gasteiger charge is -2.43. The highest BCUT2D eigenvalue weighted by molar-refractivity contribution is 5.78. The van der Waals surface area contributed by atoms with Crippen molar-refractivity contribution in [1.82, 2.24) is 10.2 Å². The summed E-state index contributed by atoms with van der Waals surface area (Å²) in [6.45, 7) is 2.42. The zero-order valence-corrected chi connectivity index (χ0v) is 19.1. The van der Waals surface area contributed by atoms with Crippen LogP contribution in [0.1, 0.15) is 35.6 Å². The fraction of sp³-hybridized carbons (Fsp3) is 0.321. The number of hydrogen-bond acceptors (Lipinski definition) is 5. The number of ether oxygens (including phenoxy) is 1. The molecule has 1 saturated heterocycles. The third-order valence-electron chi connectivity index (χ3n) is 7.23. The summed E-state index contributed by atoms with van der Waals surface area (Å²) in [5, 5.41) is 24.1. The molecule has 34 heavy (non-hydrogen) atoms. The van der Waals surface area contributed by atoms with Gasteiger partial charge >= 0.3 is 0 Å². The number of hydrogen-bond donors (Lipinski definition) is 3. The molecule has 2 atom stereocenters. The molecule has 5 rings (SSSR count). The normalized spacial score (nSPS) is 21.2. The Kier molecular flexibility index (Phi) is 6.26. The van der Waals surface area contributed by atoms with E-state index in [9.17, 15) is 15.0 Å². The summed E-state index contributed by atoms with van der Waals surface area (Å²) in [5.41, 5.74) is 2.92. The molecule has 0 radical (unpaired) electrons. The average molecular weight is 459 g/mol. The first-order chi connectivity index (χ1) is 16.5. The van der Waals surface area contributed by atoms with Crippen LogP contribution in [0, 0.1) is 0 Å². The smallest absolute Gasteiger partial charge is 0.258 e. The lowest BCUT2D eigenvalue weighted by Crippen LogP contribution is -2.49. The van der Waals surface area contributed by atoms with E-state index in [-0.39, 0.29) is 23.7 Å². The molecular formula is C28H30N2O4. The minimum atomic E-state index is -0.693. The van der Waals surface area contributed by atoms with Crippen molar-refractivity contribution in [1.29, 1.82) is 0 Å². The molecule has 3 N–H and O–H groups in total. The standard InChI is InChI=1S/C28H30N2O4/c31-21-12-10-20(11-13-21)18-30-16-14-28(15-17-30)24-9-5-4-8-23(24)26(27(28)33)29-25(32)19-34-22-6-2-1-3-7-22/h1-13,26-27,31,33H,14-19H2,(H,29,32)/t26-,27+/m1/s1. The van der Waals surface area contributed by atoms with Gasteiger partial charge in [0.1, 0.15) is 11.5 Å². The van der Waals surface area contributed by atoms with Crippen molar-refractivity contribution in [3.8, 4) is 11.5 Å². The Bertz CT molecular complexity index is 1120. The lowest BCUT2D eigenvalue weighted by atomic mass is 9.72.